The van der Waals surface area contributed by atoms with Crippen LogP contribution in [0.25, 0.3) is 17.0 Å². The maximum absolute atomic E-state index is 12.9. The van der Waals surface area contributed by atoms with Crippen LogP contribution in [-0.2, 0) is 25.0 Å². The minimum atomic E-state index is -3.40. The van der Waals surface area contributed by atoms with Crippen molar-refractivity contribution in [2.45, 2.75) is 39.2 Å². The molecule has 0 saturated carbocycles. The van der Waals surface area contributed by atoms with Crippen LogP contribution in [0.2, 0.25) is 0 Å². The van der Waals surface area contributed by atoms with Gasteiger partial charge in [-0.2, -0.15) is 5.10 Å². The normalized spacial score (nSPS) is 12.7. The minimum absolute atomic E-state index is 0.131. The molecule has 13 heteroatoms. The topological polar surface area (TPSA) is 160 Å². The lowest BCUT2D eigenvalue weighted by Crippen LogP contribution is -2.30. The van der Waals surface area contributed by atoms with Crippen LogP contribution in [0.15, 0.2) is 48.5 Å². The van der Waals surface area contributed by atoms with E-state index in [1.807, 2.05) is 6.07 Å². The molecule has 0 aliphatic carbocycles. The number of hydrogen-bond acceptors (Lipinski definition) is 7. The molecule has 0 fully saturated rings. The maximum atomic E-state index is 12.9. The summed E-state index contributed by atoms with van der Waals surface area (Å²) in [5, 5.41) is 14.4. The molecule has 0 aliphatic heterocycles. The number of aromatic nitrogens is 4. The van der Waals surface area contributed by atoms with Gasteiger partial charge in [0.1, 0.15) is 5.75 Å². The van der Waals surface area contributed by atoms with Gasteiger partial charge in [-0.05, 0) is 49.4 Å². The van der Waals surface area contributed by atoms with Gasteiger partial charge in [0.2, 0.25) is 16.4 Å². The van der Waals surface area contributed by atoms with Crippen molar-refractivity contribution in [3.63, 3.8) is 0 Å². The lowest BCUT2D eigenvalue weighted by atomic mass is 9.93. The van der Waals surface area contributed by atoms with Crippen molar-refractivity contribution in [1.29, 1.82) is 0 Å². The Balaban J connectivity index is 1.51. The molecular weight excluding hydrogens is 510 g/mol. The first kappa shape index (κ1) is 26.7. The summed E-state index contributed by atoms with van der Waals surface area (Å²) >= 11 is 0. The molecule has 0 saturated heterocycles. The van der Waals surface area contributed by atoms with Crippen molar-refractivity contribution < 1.29 is 22.7 Å². The number of rotatable bonds is 9. The van der Waals surface area contributed by atoms with Crippen molar-refractivity contribution >= 4 is 45.0 Å². The number of sulfonamides is 1. The van der Waals surface area contributed by atoms with Gasteiger partial charge in [-0.3, -0.25) is 14.3 Å². The van der Waals surface area contributed by atoms with Crippen molar-refractivity contribution in [3.05, 3.63) is 54.2 Å². The first-order chi connectivity index (χ1) is 17.8. The van der Waals surface area contributed by atoms with Crippen molar-refractivity contribution in [2.24, 2.45) is 0 Å². The number of ether oxygens (including phenoxy) is 1. The summed E-state index contributed by atoms with van der Waals surface area (Å²) in [5.41, 5.74) is 3.35. The lowest BCUT2D eigenvalue weighted by molar-refractivity contribution is -0.122. The molecule has 0 radical (unpaired) electrons. The van der Waals surface area contributed by atoms with Crippen LogP contribution in [0.3, 0.4) is 0 Å². The highest BCUT2D eigenvalue weighted by Crippen LogP contribution is 2.28. The fraction of sp³-hybridized carbons (Fsp3) is 0.280. The van der Waals surface area contributed by atoms with Crippen LogP contribution in [0, 0.1) is 0 Å². The first-order valence-electron chi connectivity index (χ1n) is 11.7. The van der Waals surface area contributed by atoms with Gasteiger partial charge >= 0.3 is 0 Å². The second-order valence-electron chi connectivity index (χ2n) is 9.84. The molecule has 2 heterocycles. The van der Waals surface area contributed by atoms with Gasteiger partial charge in [-0.1, -0.05) is 20.8 Å². The Bertz CT molecular complexity index is 1550. The third-order valence-corrected chi connectivity index (χ3v) is 6.05. The molecule has 2 aromatic carbocycles. The van der Waals surface area contributed by atoms with E-state index in [0.717, 1.165) is 11.9 Å². The molecule has 2 aromatic heterocycles. The van der Waals surface area contributed by atoms with E-state index in [0.29, 0.717) is 46.3 Å². The number of anilines is 3. The average Bonchev–Trinajstić information content (AvgIpc) is 3.39. The van der Waals surface area contributed by atoms with Gasteiger partial charge in [0, 0.05) is 34.1 Å². The molecule has 4 N–H and O–H groups in total. The van der Waals surface area contributed by atoms with Crippen LogP contribution in [-0.4, -0.2) is 52.9 Å². The third-order valence-electron chi connectivity index (χ3n) is 5.44. The number of hydrogen-bond donors (Lipinski definition) is 4. The zero-order valence-electron chi connectivity index (χ0n) is 21.6. The van der Waals surface area contributed by atoms with Gasteiger partial charge in [0.05, 0.1) is 11.9 Å². The third kappa shape index (κ3) is 6.48. The predicted molar refractivity (Wildman–Crippen MR) is 145 cm³/mol. The standard InChI is InChI=1S/C25H29N7O5S/c1-15(37-20-8-6-17(7-9-20)31-38(5,35)36)24(34)27-19-11-16(10-18(12-19)26-14-33)23-28-22-13-21(25(2,3)4)29-32(22)30-23/h6-15,31H,1-5H3,(H,26,33)(H,27,34)(H,28,30). The fourth-order valence-electron chi connectivity index (χ4n) is 3.58. The molecule has 1 atom stereocenters. The van der Waals surface area contributed by atoms with E-state index in [9.17, 15) is 18.0 Å². The van der Waals surface area contributed by atoms with Gasteiger partial charge in [-0.25, -0.2) is 8.42 Å². The molecule has 4 aromatic rings. The smallest absolute Gasteiger partial charge is 0.265 e. The molecule has 12 nitrogen and oxygen atoms in total. The van der Waals surface area contributed by atoms with Gasteiger partial charge in [0.25, 0.3) is 5.91 Å². The van der Waals surface area contributed by atoms with Gasteiger partial charge in [0.15, 0.2) is 17.6 Å². The predicted octanol–water partition coefficient (Wildman–Crippen LogP) is 3.37. The number of nitrogens with zero attached hydrogens (tertiary/aromatic N) is 3. The van der Waals surface area contributed by atoms with E-state index in [1.54, 1.807) is 37.3 Å². The molecule has 38 heavy (non-hydrogen) atoms. The Morgan fingerprint density at radius 3 is 2.34 bits per heavy atom. The molecule has 2 amide bonds. The maximum Gasteiger partial charge on any atom is 0.265 e. The SMILES string of the molecule is CC(Oc1ccc(NS(C)(=O)=O)cc1)C(=O)Nc1cc(NC=O)cc(-c2nn3nc(C(C)(C)C)cc3[nH]2)c1. The van der Waals surface area contributed by atoms with E-state index in [2.05, 4.69) is 51.3 Å². The molecular formula is C25H29N7O5S. The lowest BCUT2D eigenvalue weighted by Gasteiger charge is -2.16. The van der Waals surface area contributed by atoms with Gasteiger partial charge < -0.3 is 20.4 Å². The molecule has 1 unspecified atom stereocenters. The highest BCUT2D eigenvalue weighted by atomic mass is 32.2. The van der Waals surface area contributed by atoms with E-state index in [4.69, 9.17) is 4.74 Å². The summed E-state index contributed by atoms with van der Waals surface area (Å²) < 4.78 is 32.3. The quantitative estimate of drug-likeness (QED) is 0.237. The fourth-order valence-corrected chi connectivity index (χ4v) is 4.14. The summed E-state index contributed by atoms with van der Waals surface area (Å²) in [4.78, 5) is 27.2. The number of amides is 2. The molecule has 0 aliphatic rings. The minimum Gasteiger partial charge on any atom is -0.481 e. The van der Waals surface area contributed by atoms with E-state index in [1.165, 1.54) is 16.8 Å². The molecule has 4 rings (SSSR count). The van der Waals surface area contributed by atoms with Crippen LogP contribution in [0.4, 0.5) is 17.1 Å². The largest absolute Gasteiger partial charge is 0.481 e. The summed E-state index contributed by atoms with van der Waals surface area (Å²) in [7, 11) is -3.40. The zero-order valence-corrected chi connectivity index (χ0v) is 22.4. The number of aromatic amines is 1. The molecule has 0 spiro atoms. The van der Waals surface area contributed by atoms with Crippen LogP contribution in [0.1, 0.15) is 33.4 Å². The second kappa shape index (κ2) is 10.2. The van der Waals surface area contributed by atoms with Crippen LogP contribution in [0.5, 0.6) is 5.75 Å². The Kier molecular flexibility index (Phi) is 7.14. The van der Waals surface area contributed by atoms with E-state index >= 15 is 0 Å². The van der Waals surface area contributed by atoms with E-state index < -0.39 is 22.0 Å². The average molecular weight is 540 g/mol. The number of H-pyrrole nitrogens is 1. The van der Waals surface area contributed by atoms with Crippen LogP contribution < -0.4 is 20.1 Å². The second-order valence-corrected chi connectivity index (χ2v) is 11.6. The number of carbonyl (C=O) groups is 2. The summed E-state index contributed by atoms with van der Waals surface area (Å²) in [5.74, 6) is 0.462. The number of nitrogens with one attached hydrogen (secondary N) is 4. The molecule has 200 valence electrons. The molecule has 0 bridgehead atoms. The van der Waals surface area contributed by atoms with Crippen molar-refractivity contribution in [2.75, 3.05) is 21.6 Å². The Hall–Kier alpha value is -4.39. The highest BCUT2D eigenvalue weighted by Gasteiger charge is 2.20. The zero-order chi connectivity index (χ0) is 27.7. The Labute approximate surface area is 219 Å². The summed E-state index contributed by atoms with van der Waals surface area (Å²) in [6, 6.07) is 13.2. The van der Waals surface area contributed by atoms with E-state index in [-0.39, 0.29) is 5.41 Å². The monoisotopic (exact) mass is 539 g/mol. The summed E-state index contributed by atoms with van der Waals surface area (Å²) in [6.45, 7) is 7.78. The first-order valence-corrected chi connectivity index (χ1v) is 13.6. The Morgan fingerprint density at radius 2 is 1.74 bits per heavy atom. The number of fused-ring (bicyclic) bond motifs is 1. The highest BCUT2D eigenvalue weighted by molar-refractivity contribution is 7.92. The van der Waals surface area contributed by atoms with Gasteiger partial charge in [-0.15, -0.1) is 9.73 Å². The van der Waals surface area contributed by atoms with Crippen molar-refractivity contribution in [1.82, 2.24) is 19.8 Å². The summed E-state index contributed by atoms with van der Waals surface area (Å²) in [6.07, 6.45) is 0.725. The van der Waals surface area contributed by atoms with Crippen LogP contribution >= 0.6 is 0 Å². The van der Waals surface area contributed by atoms with Crippen molar-refractivity contribution in [3.8, 4) is 17.1 Å². The Morgan fingerprint density at radius 1 is 1.05 bits per heavy atom. The number of benzene rings is 2. The number of carbonyl (C=O) groups excluding carboxylic acids is 2.